The number of alkyl halides is 2. The van der Waals surface area contributed by atoms with E-state index in [9.17, 15) is 13.2 Å². The van der Waals surface area contributed by atoms with Crippen LogP contribution in [0, 0.1) is 5.82 Å². The van der Waals surface area contributed by atoms with E-state index in [-0.39, 0.29) is 12.6 Å². The quantitative estimate of drug-likeness (QED) is 0.687. The first kappa shape index (κ1) is 15.7. The summed E-state index contributed by atoms with van der Waals surface area (Å²) in [6.45, 7) is -3.06. The summed E-state index contributed by atoms with van der Waals surface area (Å²) < 4.78 is 48.6. The summed E-state index contributed by atoms with van der Waals surface area (Å²) in [6.07, 6.45) is 4.56. The van der Waals surface area contributed by atoms with E-state index in [1.807, 2.05) is 0 Å². The minimum absolute atomic E-state index is 0.0611. The first-order valence-electron chi connectivity index (χ1n) is 6.67. The van der Waals surface area contributed by atoms with E-state index in [1.165, 1.54) is 29.3 Å². The maximum Gasteiger partial charge on any atom is 0.387 e. The SMILES string of the molecule is Fc1ccc(-n2cc(COc3ncccn3)nn2)cc1OC(F)F. The fraction of sp³-hybridized carbons (Fsp3) is 0.143. The van der Waals surface area contributed by atoms with Crippen LogP contribution in [0.2, 0.25) is 0 Å². The Morgan fingerprint density at radius 3 is 2.71 bits per heavy atom. The third kappa shape index (κ3) is 3.77. The number of hydrogen-bond donors (Lipinski definition) is 0. The molecule has 0 saturated heterocycles. The van der Waals surface area contributed by atoms with Crippen LogP contribution in [0.25, 0.3) is 5.69 Å². The van der Waals surface area contributed by atoms with E-state index in [1.54, 1.807) is 6.07 Å². The van der Waals surface area contributed by atoms with Crippen molar-refractivity contribution in [3.05, 3.63) is 54.4 Å². The van der Waals surface area contributed by atoms with Gasteiger partial charge in [-0.2, -0.15) is 8.78 Å². The molecule has 0 aliphatic carbocycles. The molecule has 3 aromatic rings. The van der Waals surface area contributed by atoms with Gasteiger partial charge < -0.3 is 9.47 Å². The highest BCUT2D eigenvalue weighted by Crippen LogP contribution is 2.22. The van der Waals surface area contributed by atoms with Gasteiger partial charge in [-0.25, -0.2) is 19.0 Å². The van der Waals surface area contributed by atoms with Crippen molar-refractivity contribution in [2.45, 2.75) is 13.2 Å². The van der Waals surface area contributed by atoms with Gasteiger partial charge in [0.25, 0.3) is 0 Å². The summed E-state index contributed by atoms with van der Waals surface area (Å²) in [4.78, 5) is 7.78. The predicted octanol–water partition coefficient (Wildman–Crippen LogP) is 2.38. The van der Waals surface area contributed by atoms with Gasteiger partial charge in [-0.1, -0.05) is 5.21 Å². The van der Waals surface area contributed by atoms with Crippen molar-refractivity contribution in [1.82, 2.24) is 25.0 Å². The first-order chi connectivity index (χ1) is 11.6. The Kier molecular flexibility index (Phi) is 4.54. The van der Waals surface area contributed by atoms with Crippen LogP contribution >= 0.6 is 0 Å². The van der Waals surface area contributed by atoms with Gasteiger partial charge in [0, 0.05) is 18.5 Å². The van der Waals surface area contributed by atoms with Gasteiger partial charge in [-0.05, 0) is 18.2 Å². The van der Waals surface area contributed by atoms with Crippen LogP contribution in [0.1, 0.15) is 5.69 Å². The molecule has 0 aliphatic heterocycles. The lowest BCUT2D eigenvalue weighted by Crippen LogP contribution is -2.05. The second-order valence-corrected chi connectivity index (χ2v) is 4.47. The van der Waals surface area contributed by atoms with Crippen molar-refractivity contribution in [2.75, 3.05) is 0 Å². The fourth-order valence-electron chi connectivity index (χ4n) is 1.81. The number of nitrogens with zero attached hydrogens (tertiary/aromatic N) is 5. The van der Waals surface area contributed by atoms with Crippen LogP contribution in [0.5, 0.6) is 11.8 Å². The van der Waals surface area contributed by atoms with Crippen LogP contribution in [0.15, 0.2) is 42.9 Å². The predicted molar refractivity (Wildman–Crippen MR) is 74.3 cm³/mol. The minimum Gasteiger partial charge on any atom is -0.457 e. The molecule has 0 amide bonds. The third-order valence-corrected chi connectivity index (χ3v) is 2.83. The van der Waals surface area contributed by atoms with Crippen molar-refractivity contribution in [1.29, 1.82) is 0 Å². The molecule has 1 aromatic carbocycles. The smallest absolute Gasteiger partial charge is 0.387 e. The Hall–Kier alpha value is -3.17. The zero-order valence-electron chi connectivity index (χ0n) is 12.0. The van der Waals surface area contributed by atoms with Crippen molar-refractivity contribution in [3.8, 4) is 17.4 Å². The first-order valence-corrected chi connectivity index (χ1v) is 6.67. The zero-order chi connectivity index (χ0) is 16.9. The zero-order valence-corrected chi connectivity index (χ0v) is 12.0. The molecule has 0 aliphatic rings. The van der Waals surface area contributed by atoms with Crippen LogP contribution < -0.4 is 9.47 Å². The third-order valence-electron chi connectivity index (χ3n) is 2.83. The van der Waals surface area contributed by atoms with Gasteiger partial charge in [0.1, 0.15) is 12.3 Å². The molecule has 3 rings (SSSR count). The molecule has 2 aromatic heterocycles. The van der Waals surface area contributed by atoms with Gasteiger partial charge in [0.05, 0.1) is 11.9 Å². The maximum atomic E-state index is 13.4. The van der Waals surface area contributed by atoms with Gasteiger partial charge in [0.2, 0.25) is 0 Å². The molecule has 0 fully saturated rings. The standard InChI is InChI=1S/C14H10F3N5O2/c15-11-3-2-10(6-12(11)24-13(16)17)22-7-9(20-21-22)8-23-14-18-4-1-5-19-14/h1-7,13H,8H2. The lowest BCUT2D eigenvalue weighted by molar-refractivity contribution is -0.0521. The monoisotopic (exact) mass is 337 g/mol. The Balaban J connectivity index is 1.73. The Bertz CT molecular complexity index is 813. The van der Waals surface area contributed by atoms with Crippen LogP contribution in [-0.2, 0) is 6.61 Å². The second-order valence-electron chi connectivity index (χ2n) is 4.47. The summed E-state index contributed by atoms with van der Waals surface area (Å²) in [6, 6.07) is 5.29. The summed E-state index contributed by atoms with van der Waals surface area (Å²) in [5, 5.41) is 7.70. The average Bonchev–Trinajstić information content (AvgIpc) is 3.04. The molecule has 10 heteroatoms. The van der Waals surface area contributed by atoms with E-state index in [0.717, 1.165) is 12.1 Å². The van der Waals surface area contributed by atoms with Gasteiger partial charge in [-0.3, -0.25) is 0 Å². The lowest BCUT2D eigenvalue weighted by atomic mass is 10.3. The highest BCUT2D eigenvalue weighted by molar-refractivity contribution is 5.39. The highest BCUT2D eigenvalue weighted by atomic mass is 19.3. The van der Waals surface area contributed by atoms with Crippen molar-refractivity contribution in [3.63, 3.8) is 0 Å². The molecule has 0 spiro atoms. The molecular formula is C14H10F3N5O2. The van der Waals surface area contributed by atoms with Crippen LogP contribution in [0.3, 0.4) is 0 Å². The highest BCUT2D eigenvalue weighted by Gasteiger charge is 2.12. The largest absolute Gasteiger partial charge is 0.457 e. The summed E-state index contributed by atoms with van der Waals surface area (Å²) in [5.74, 6) is -1.47. The number of hydrogen-bond acceptors (Lipinski definition) is 6. The van der Waals surface area contributed by atoms with Gasteiger partial charge in [0.15, 0.2) is 11.6 Å². The van der Waals surface area contributed by atoms with E-state index in [2.05, 4.69) is 25.0 Å². The topological polar surface area (TPSA) is 75.0 Å². The minimum atomic E-state index is -3.12. The van der Waals surface area contributed by atoms with Crippen molar-refractivity contribution < 1.29 is 22.6 Å². The molecule has 124 valence electrons. The molecule has 2 heterocycles. The number of benzene rings is 1. The number of ether oxygens (including phenoxy) is 2. The Morgan fingerprint density at radius 1 is 1.17 bits per heavy atom. The normalized spacial score (nSPS) is 10.8. The molecule has 0 saturated carbocycles. The molecule has 0 unspecified atom stereocenters. The fourth-order valence-corrected chi connectivity index (χ4v) is 1.81. The van der Waals surface area contributed by atoms with E-state index in [4.69, 9.17) is 4.74 Å². The molecular weight excluding hydrogens is 327 g/mol. The maximum absolute atomic E-state index is 13.4. The number of rotatable bonds is 6. The summed E-state index contributed by atoms with van der Waals surface area (Å²) in [5.41, 5.74) is 0.755. The molecule has 24 heavy (non-hydrogen) atoms. The summed E-state index contributed by atoms with van der Waals surface area (Å²) >= 11 is 0. The average molecular weight is 337 g/mol. The molecule has 0 N–H and O–H groups in total. The Morgan fingerprint density at radius 2 is 1.96 bits per heavy atom. The van der Waals surface area contributed by atoms with Crippen molar-refractivity contribution in [2.24, 2.45) is 0 Å². The van der Waals surface area contributed by atoms with E-state index in [0.29, 0.717) is 11.4 Å². The second kappa shape index (κ2) is 6.94. The van der Waals surface area contributed by atoms with Gasteiger partial charge in [-0.15, -0.1) is 5.10 Å². The molecule has 0 bridgehead atoms. The van der Waals surface area contributed by atoms with Crippen molar-refractivity contribution >= 4 is 0 Å². The van der Waals surface area contributed by atoms with E-state index >= 15 is 0 Å². The summed E-state index contributed by atoms with van der Waals surface area (Å²) in [7, 11) is 0. The molecule has 7 nitrogen and oxygen atoms in total. The number of aromatic nitrogens is 5. The molecule has 0 atom stereocenters. The lowest BCUT2D eigenvalue weighted by Gasteiger charge is -2.07. The molecule has 0 radical (unpaired) electrons. The van der Waals surface area contributed by atoms with Crippen LogP contribution in [-0.4, -0.2) is 31.6 Å². The van der Waals surface area contributed by atoms with Crippen LogP contribution in [0.4, 0.5) is 13.2 Å². The van der Waals surface area contributed by atoms with Gasteiger partial charge >= 0.3 is 12.6 Å². The Labute approximate surface area is 133 Å². The van der Waals surface area contributed by atoms with E-state index < -0.39 is 18.2 Å². The number of halogens is 3.